The quantitative estimate of drug-likeness (QED) is 0.799. The van der Waals surface area contributed by atoms with Gasteiger partial charge in [0.15, 0.2) is 11.5 Å². The smallest absolute Gasteiger partial charge is 0.356 e. The van der Waals surface area contributed by atoms with Crippen LogP contribution in [-0.2, 0) is 11.8 Å². The van der Waals surface area contributed by atoms with Crippen LogP contribution < -0.4 is 20.5 Å². The number of pyridine rings is 2. The number of hydrogen-bond acceptors (Lipinski definition) is 6. The molecule has 4 heterocycles. The maximum atomic E-state index is 13.0. The molecule has 0 saturated carbocycles. The van der Waals surface area contributed by atoms with Gasteiger partial charge in [-0.1, -0.05) is 0 Å². The van der Waals surface area contributed by atoms with Gasteiger partial charge in [-0.25, -0.2) is 14.6 Å². The lowest BCUT2D eigenvalue weighted by atomic mass is 10.1. The van der Waals surface area contributed by atoms with Crippen molar-refractivity contribution in [3.05, 3.63) is 46.5 Å². The largest absolute Gasteiger partial charge is 0.464 e. The van der Waals surface area contributed by atoms with Crippen LogP contribution in [0, 0.1) is 0 Å². The minimum atomic E-state index is -0.567. The van der Waals surface area contributed by atoms with Crippen LogP contribution in [0.25, 0.3) is 0 Å². The lowest BCUT2D eigenvalue weighted by Crippen LogP contribution is -2.48. The standard InChI is InChI=1S/C18H19N5O4/c1-21-7-6-15(24)13(10-21)20-18(26)23-11-5-8-22(9-11)14-4-3-12(17(25)27-2)19-16(14)23/h3-4,6-7,10-11H,5,8-9H2,1-2H3,(H,20,26)/t11-/m0/s1. The highest BCUT2D eigenvalue weighted by molar-refractivity contribution is 6.05. The zero-order chi connectivity index (χ0) is 19.1. The summed E-state index contributed by atoms with van der Waals surface area (Å²) in [5, 5.41) is 2.69. The van der Waals surface area contributed by atoms with Gasteiger partial charge >= 0.3 is 12.0 Å². The zero-order valence-corrected chi connectivity index (χ0v) is 15.0. The number of anilines is 3. The minimum Gasteiger partial charge on any atom is -0.464 e. The number of nitrogens with one attached hydrogen (secondary N) is 1. The molecule has 140 valence electrons. The summed E-state index contributed by atoms with van der Waals surface area (Å²) in [6.07, 6.45) is 3.96. The first-order valence-electron chi connectivity index (χ1n) is 8.58. The Morgan fingerprint density at radius 1 is 1.30 bits per heavy atom. The first-order valence-corrected chi connectivity index (χ1v) is 8.58. The Labute approximate surface area is 155 Å². The molecule has 0 radical (unpaired) electrons. The Kier molecular flexibility index (Phi) is 4.06. The predicted molar refractivity (Wildman–Crippen MR) is 99.4 cm³/mol. The number of ether oxygens (including phenoxy) is 1. The van der Waals surface area contributed by atoms with Crippen LogP contribution in [0.2, 0.25) is 0 Å². The Balaban J connectivity index is 1.72. The summed E-state index contributed by atoms with van der Waals surface area (Å²) in [7, 11) is 3.05. The molecule has 0 spiro atoms. The lowest BCUT2D eigenvalue weighted by molar-refractivity contribution is 0.0594. The van der Waals surface area contributed by atoms with Crippen LogP contribution in [0.4, 0.5) is 22.0 Å². The van der Waals surface area contributed by atoms with E-state index in [1.807, 2.05) is 0 Å². The van der Waals surface area contributed by atoms with Gasteiger partial charge in [-0.2, -0.15) is 0 Å². The van der Waals surface area contributed by atoms with Crippen molar-refractivity contribution in [1.29, 1.82) is 0 Å². The third-order valence-corrected chi connectivity index (χ3v) is 4.87. The number of aromatic nitrogens is 2. The Bertz CT molecular complexity index is 986. The van der Waals surface area contributed by atoms with Gasteiger partial charge in [0.2, 0.25) is 5.43 Å². The molecule has 1 N–H and O–H groups in total. The van der Waals surface area contributed by atoms with E-state index < -0.39 is 12.0 Å². The second-order valence-corrected chi connectivity index (χ2v) is 6.61. The van der Waals surface area contributed by atoms with Crippen molar-refractivity contribution >= 4 is 29.2 Å². The second kappa shape index (κ2) is 6.42. The van der Waals surface area contributed by atoms with E-state index in [0.29, 0.717) is 12.4 Å². The van der Waals surface area contributed by atoms with Gasteiger partial charge in [0.05, 0.1) is 18.8 Å². The number of carbonyl (C=O) groups is 2. The van der Waals surface area contributed by atoms with Gasteiger partial charge < -0.3 is 19.5 Å². The van der Waals surface area contributed by atoms with Crippen molar-refractivity contribution in [1.82, 2.24) is 9.55 Å². The number of esters is 1. The second-order valence-electron chi connectivity index (χ2n) is 6.61. The molecule has 2 bridgehead atoms. The molecule has 2 amide bonds. The van der Waals surface area contributed by atoms with E-state index in [9.17, 15) is 14.4 Å². The summed E-state index contributed by atoms with van der Waals surface area (Å²) in [6, 6.07) is 4.24. The molecule has 2 aliphatic heterocycles. The molecule has 1 atom stereocenters. The number of urea groups is 1. The normalized spacial score (nSPS) is 17.5. The Hall–Kier alpha value is -3.36. The van der Waals surface area contributed by atoms with Gasteiger partial charge in [0.1, 0.15) is 5.69 Å². The van der Waals surface area contributed by atoms with Crippen LogP contribution >= 0.6 is 0 Å². The number of fused-ring (bicyclic) bond motifs is 4. The van der Waals surface area contributed by atoms with Gasteiger partial charge in [-0.05, 0) is 18.6 Å². The van der Waals surface area contributed by atoms with E-state index in [4.69, 9.17) is 4.74 Å². The third kappa shape index (κ3) is 2.90. The summed E-state index contributed by atoms with van der Waals surface area (Å²) in [6.45, 7) is 1.49. The summed E-state index contributed by atoms with van der Waals surface area (Å²) >= 11 is 0. The van der Waals surface area contributed by atoms with Crippen molar-refractivity contribution < 1.29 is 14.3 Å². The van der Waals surface area contributed by atoms with Crippen molar-refractivity contribution in [3.63, 3.8) is 0 Å². The number of amides is 2. The van der Waals surface area contributed by atoms with E-state index in [0.717, 1.165) is 18.7 Å². The van der Waals surface area contributed by atoms with Crippen molar-refractivity contribution in [2.75, 3.05) is 35.3 Å². The highest BCUT2D eigenvalue weighted by Gasteiger charge is 2.40. The number of methoxy groups -OCH3 is 1. The molecule has 27 heavy (non-hydrogen) atoms. The molecule has 2 aliphatic rings. The van der Waals surface area contributed by atoms with E-state index in [1.54, 1.807) is 36.1 Å². The van der Waals surface area contributed by atoms with Crippen molar-refractivity contribution in [2.24, 2.45) is 7.05 Å². The van der Waals surface area contributed by atoms with Gasteiger partial charge in [-0.15, -0.1) is 0 Å². The number of nitrogens with zero attached hydrogens (tertiary/aromatic N) is 4. The minimum absolute atomic E-state index is 0.0783. The molecule has 2 aromatic rings. The topological polar surface area (TPSA) is 96.8 Å². The summed E-state index contributed by atoms with van der Waals surface area (Å²) in [5.74, 6) is -0.167. The van der Waals surface area contributed by atoms with E-state index in [1.165, 1.54) is 18.1 Å². The highest BCUT2D eigenvalue weighted by atomic mass is 16.5. The predicted octanol–water partition coefficient (Wildman–Crippen LogP) is 1.20. The molecule has 0 aliphatic carbocycles. The molecule has 9 heteroatoms. The number of rotatable bonds is 2. The Morgan fingerprint density at radius 2 is 2.11 bits per heavy atom. The van der Waals surface area contributed by atoms with E-state index in [-0.39, 0.29) is 22.9 Å². The number of aryl methyl sites for hydroxylation is 1. The fourth-order valence-corrected chi connectivity index (χ4v) is 3.54. The van der Waals surface area contributed by atoms with Crippen LogP contribution in [0.3, 0.4) is 0 Å². The first-order chi connectivity index (χ1) is 13.0. The van der Waals surface area contributed by atoms with Crippen LogP contribution in [0.15, 0.2) is 35.4 Å². The molecular weight excluding hydrogens is 350 g/mol. The molecule has 4 rings (SSSR count). The summed E-state index contributed by atoms with van der Waals surface area (Å²) in [4.78, 5) is 45.0. The molecule has 2 aromatic heterocycles. The summed E-state index contributed by atoms with van der Waals surface area (Å²) < 4.78 is 6.43. The number of hydrogen-bond donors (Lipinski definition) is 1. The summed E-state index contributed by atoms with van der Waals surface area (Å²) in [5.41, 5.74) is 0.832. The fraction of sp³-hybridized carbons (Fsp3) is 0.333. The average molecular weight is 369 g/mol. The third-order valence-electron chi connectivity index (χ3n) is 4.87. The van der Waals surface area contributed by atoms with Crippen LogP contribution in [-0.4, -0.2) is 47.8 Å². The maximum Gasteiger partial charge on any atom is 0.356 e. The van der Waals surface area contributed by atoms with Crippen LogP contribution in [0.5, 0.6) is 0 Å². The van der Waals surface area contributed by atoms with Gasteiger partial charge in [-0.3, -0.25) is 9.69 Å². The first kappa shape index (κ1) is 17.1. The maximum absolute atomic E-state index is 13.0. The van der Waals surface area contributed by atoms with Gasteiger partial charge in [0, 0.05) is 38.6 Å². The Morgan fingerprint density at radius 3 is 2.89 bits per heavy atom. The van der Waals surface area contributed by atoms with E-state index >= 15 is 0 Å². The number of carbonyl (C=O) groups excluding carboxylic acids is 2. The molecular formula is C18H19N5O4. The average Bonchev–Trinajstić information content (AvgIpc) is 3.08. The molecule has 9 nitrogen and oxygen atoms in total. The fourth-order valence-electron chi connectivity index (χ4n) is 3.54. The molecule has 1 fully saturated rings. The van der Waals surface area contributed by atoms with Crippen molar-refractivity contribution in [2.45, 2.75) is 12.5 Å². The monoisotopic (exact) mass is 369 g/mol. The van der Waals surface area contributed by atoms with Gasteiger partial charge in [0.25, 0.3) is 0 Å². The van der Waals surface area contributed by atoms with Crippen molar-refractivity contribution in [3.8, 4) is 0 Å². The SMILES string of the molecule is COC(=O)c1ccc2c(n1)N(C(=O)Nc1cn(C)ccc1=O)[C@H]1CCN2C1. The molecule has 0 unspecified atom stereocenters. The van der Waals surface area contributed by atoms with Crippen LogP contribution in [0.1, 0.15) is 16.9 Å². The molecule has 0 aromatic carbocycles. The zero-order valence-electron chi connectivity index (χ0n) is 15.0. The lowest BCUT2D eigenvalue weighted by Gasteiger charge is -2.35. The molecule has 1 saturated heterocycles. The van der Waals surface area contributed by atoms with E-state index in [2.05, 4.69) is 15.2 Å². The highest BCUT2D eigenvalue weighted by Crippen LogP contribution is 2.39.